The van der Waals surface area contributed by atoms with Gasteiger partial charge in [0.25, 0.3) is 5.69 Å². The number of nitrogens with one attached hydrogen (secondary N) is 1. The molecule has 0 aliphatic carbocycles. The Bertz CT molecular complexity index is 566. The molecule has 0 spiro atoms. The molecule has 112 valence electrons. The average molecular weight is 302 g/mol. The predicted molar refractivity (Wildman–Crippen MR) is 74.7 cm³/mol. The summed E-state index contributed by atoms with van der Waals surface area (Å²) in [6.45, 7) is 3.00. The number of benzene rings is 1. The van der Waals surface area contributed by atoms with Crippen LogP contribution < -0.4 is 4.72 Å². The van der Waals surface area contributed by atoms with E-state index in [1.54, 1.807) is 6.92 Å². The van der Waals surface area contributed by atoms with Crippen LogP contribution in [0, 0.1) is 10.1 Å². The van der Waals surface area contributed by atoms with E-state index in [-0.39, 0.29) is 18.0 Å². The van der Waals surface area contributed by atoms with Crippen LogP contribution in [0.3, 0.4) is 0 Å². The van der Waals surface area contributed by atoms with Crippen LogP contribution in [0.25, 0.3) is 0 Å². The number of hydrogen-bond donors (Lipinski definition) is 2. The number of aliphatic hydroxyl groups is 1. The van der Waals surface area contributed by atoms with Crippen molar-refractivity contribution in [2.24, 2.45) is 0 Å². The van der Waals surface area contributed by atoms with Gasteiger partial charge in [-0.25, -0.2) is 13.1 Å². The molecule has 7 nitrogen and oxygen atoms in total. The van der Waals surface area contributed by atoms with Crippen molar-refractivity contribution in [1.82, 2.24) is 4.72 Å². The summed E-state index contributed by atoms with van der Waals surface area (Å²) in [5.74, 6) is -0.0106. The van der Waals surface area contributed by atoms with Crippen molar-refractivity contribution >= 4 is 15.7 Å². The Morgan fingerprint density at radius 3 is 2.35 bits per heavy atom. The highest BCUT2D eigenvalue weighted by Crippen LogP contribution is 2.22. The topological polar surface area (TPSA) is 110 Å². The van der Waals surface area contributed by atoms with E-state index in [9.17, 15) is 23.6 Å². The van der Waals surface area contributed by atoms with Crippen LogP contribution in [0.5, 0.6) is 0 Å². The summed E-state index contributed by atoms with van der Waals surface area (Å²) >= 11 is 0. The maximum absolute atomic E-state index is 11.5. The summed E-state index contributed by atoms with van der Waals surface area (Å²) in [5, 5.41) is 20.8. The number of nitro groups is 1. The first-order valence-electron chi connectivity index (χ1n) is 6.12. The number of hydrogen-bond acceptors (Lipinski definition) is 5. The summed E-state index contributed by atoms with van der Waals surface area (Å²) in [4.78, 5) is 10.0. The zero-order valence-electron chi connectivity index (χ0n) is 11.4. The minimum absolute atomic E-state index is 0.0106. The molecule has 0 saturated carbocycles. The Kier molecular flexibility index (Phi) is 5.21. The van der Waals surface area contributed by atoms with Crippen molar-refractivity contribution in [3.63, 3.8) is 0 Å². The van der Waals surface area contributed by atoms with Crippen LogP contribution in [0.4, 0.5) is 5.69 Å². The van der Waals surface area contributed by atoms with Gasteiger partial charge in [0.2, 0.25) is 10.0 Å². The lowest BCUT2D eigenvalue weighted by Gasteiger charge is -2.24. The van der Waals surface area contributed by atoms with Gasteiger partial charge < -0.3 is 5.11 Å². The van der Waals surface area contributed by atoms with Gasteiger partial charge in [-0.05, 0) is 31.0 Å². The molecular weight excluding hydrogens is 284 g/mol. The number of nitrogens with zero attached hydrogens (tertiary/aromatic N) is 1. The minimum atomic E-state index is -3.41. The van der Waals surface area contributed by atoms with Crippen molar-refractivity contribution < 1.29 is 18.4 Å². The minimum Gasteiger partial charge on any atom is -0.384 e. The number of rotatable bonds is 7. The molecule has 1 atom stereocenters. The molecule has 0 aliphatic heterocycles. The normalized spacial score (nSPS) is 14.8. The fourth-order valence-electron chi connectivity index (χ4n) is 1.64. The van der Waals surface area contributed by atoms with Crippen LogP contribution in [-0.4, -0.2) is 30.7 Å². The molecule has 0 radical (unpaired) electrons. The van der Waals surface area contributed by atoms with Crippen molar-refractivity contribution in [2.45, 2.75) is 25.9 Å². The SMILES string of the molecule is CCCS(=O)(=O)NCC(C)(O)c1ccc([N+](=O)[O-])cc1. The molecule has 1 rings (SSSR count). The monoisotopic (exact) mass is 302 g/mol. The molecule has 1 unspecified atom stereocenters. The lowest BCUT2D eigenvalue weighted by molar-refractivity contribution is -0.384. The van der Waals surface area contributed by atoms with Gasteiger partial charge in [-0.3, -0.25) is 10.1 Å². The van der Waals surface area contributed by atoms with Crippen LogP contribution >= 0.6 is 0 Å². The highest BCUT2D eigenvalue weighted by Gasteiger charge is 2.25. The van der Waals surface area contributed by atoms with Crippen LogP contribution in [0.2, 0.25) is 0 Å². The first-order valence-corrected chi connectivity index (χ1v) is 7.78. The molecule has 8 heteroatoms. The number of non-ortho nitro benzene ring substituents is 1. The van der Waals surface area contributed by atoms with Crippen molar-refractivity contribution in [1.29, 1.82) is 0 Å². The van der Waals surface area contributed by atoms with Crippen molar-refractivity contribution in [3.05, 3.63) is 39.9 Å². The molecule has 1 aromatic carbocycles. The molecule has 0 saturated heterocycles. The summed E-state index contributed by atoms with van der Waals surface area (Å²) in [6, 6.07) is 5.35. The van der Waals surface area contributed by atoms with Gasteiger partial charge in [0.1, 0.15) is 5.60 Å². The van der Waals surface area contributed by atoms with E-state index in [0.717, 1.165) is 0 Å². The highest BCUT2D eigenvalue weighted by molar-refractivity contribution is 7.89. The molecule has 2 N–H and O–H groups in total. The Morgan fingerprint density at radius 2 is 1.90 bits per heavy atom. The number of nitro benzene ring substituents is 1. The Labute approximate surface area is 117 Å². The smallest absolute Gasteiger partial charge is 0.269 e. The molecule has 0 aliphatic rings. The third-order valence-electron chi connectivity index (χ3n) is 2.81. The fourth-order valence-corrected chi connectivity index (χ4v) is 2.82. The van der Waals surface area contributed by atoms with E-state index in [4.69, 9.17) is 0 Å². The van der Waals surface area contributed by atoms with Gasteiger partial charge in [-0.1, -0.05) is 6.92 Å². The molecule has 20 heavy (non-hydrogen) atoms. The quantitative estimate of drug-likeness (QED) is 0.579. The van der Waals surface area contributed by atoms with E-state index in [2.05, 4.69) is 4.72 Å². The van der Waals surface area contributed by atoms with Crippen molar-refractivity contribution in [2.75, 3.05) is 12.3 Å². The molecule has 0 bridgehead atoms. The summed E-state index contributed by atoms with van der Waals surface area (Å²) in [6.07, 6.45) is 0.481. The van der Waals surface area contributed by atoms with E-state index in [1.807, 2.05) is 0 Å². The molecule has 0 aromatic heterocycles. The molecular formula is C12H18N2O5S. The predicted octanol–water partition coefficient (Wildman–Crippen LogP) is 1.13. The van der Waals surface area contributed by atoms with Gasteiger partial charge >= 0.3 is 0 Å². The lowest BCUT2D eigenvalue weighted by atomic mass is 9.96. The summed E-state index contributed by atoms with van der Waals surface area (Å²) < 4.78 is 25.4. The third kappa shape index (κ3) is 4.55. The second-order valence-corrected chi connectivity index (χ2v) is 6.64. The standard InChI is InChI=1S/C12H18N2O5S/c1-3-8-20(18,19)13-9-12(2,15)10-4-6-11(7-5-10)14(16)17/h4-7,13,15H,3,8-9H2,1-2H3. The van der Waals surface area contributed by atoms with Gasteiger partial charge in [0.15, 0.2) is 0 Å². The van der Waals surface area contributed by atoms with Crippen LogP contribution in [0.15, 0.2) is 24.3 Å². The largest absolute Gasteiger partial charge is 0.384 e. The maximum Gasteiger partial charge on any atom is 0.269 e. The van der Waals surface area contributed by atoms with Gasteiger partial charge in [0, 0.05) is 18.7 Å². The lowest BCUT2D eigenvalue weighted by Crippen LogP contribution is -2.39. The van der Waals surface area contributed by atoms with Gasteiger partial charge in [-0.15, -0.1) is 0 Å². The second kappa shape index (κ2) is 6.29. The molecule has 0 amide bonds. The summed E-state index contributed by atoms with van der Waals surface area (Å²) in [7, 11) is -3.41. The average Bonchev–Trinajstić information content (AvgIpc) is 2.37. The maximum atomic E-state index is 11.5. The first-order chi connectivity index (χ1) is 9.18. The second-order valence-electron chi connectivity index (χ2n) is 4.72. The van der Waals surface area contributed by atoms with Gasteiger partial charge in [-0.2, -0.15) is 0 Å². The highest BCUT2D eigenvalue weighted by atomic mass is 32.2. The van der Waals surface area contributed by atoms with E-state index >= 15 is 0 Å². The fraction of sp³-hybridized carbons (Fsp3) is 0.500. The van der Waals surface area contributed by atoms with E-state index in [0.29, 0.717) is 12.0 Å². The van der Waals surface area contributed by atoms with Crippen molar-refractivity contribution in [3.8, 4) is 0 Å². The van der Waals surface area contributed by atoms with Crippen LogP contribution in [0.1, 0.15) is 25.8 Å². The Hall–Kier alpha value is -1.51. The van der Waals surface area contributed by atoms with Gasteiger partial charge in [0.05, 0.1) is 10.7 Å². The van der Waals surface area contributed by atoms with E-state index < -0.39 is 20.5 Å². The zero-order chi connectivity index (χ0) is 15.4. The molecule has 0 fully saturated rings. The molecule has 0 heterocycles. The molecule has 1 aromatic rings. The zero-order valence-corrected chi connectivity index (χ0v) is 12.2. The number of sulfonamides is 1. The third-order valence-corrected chi connectivity index (χ3v) is 4.34. The first kappa shape index (κ1) is 16.5. The Morgan fingerprint density at radius 1 is 1.35 bits per heavy atom. The van der Waals surface area contributed by atoms with Crippen LogP contribution in [-0.2, 0) is 15.6 Å². The Balaban J connectivity index is 2.80. The summed E-state index contributed by atoms with van der Waals surface area (Å²) in [5.41, 5.74) is -1.12. The van der Waals surface area contributed by atoms with E-state index in [1.165, 1.54) is 31.2 Å².